The lowest BCUT2D eigenvalue weighted by Crippen LogP contribution is -2.06. The largest absolute Gasteiger partial charge is 0.493 e. The molecule has 154 valence electrons. The molecule has 0 amide bonds. The smallest absolute Gasteiger partial charge is 0.156 e. The molecule has 0 aliphatic carbocycles. The average molecular weight is 415 g/mol. The van der Waals surface area contributed by atoms with Gasteiger partial charge in [0.2, 0.25) is 0 Å². The minimum atomic E-state index is -0.258. The lowest BCUT2D eigenvalue weighted by molar-refractivity contribution is 0.302. The van der Waals surface area contributed by atoms with Gasteiger partial charge in [-0.25, -0.2) is 9.37 Å². The molecule has 0 radical (unpaired) electrons. The molecule has 31 heavy (non-hydrogen) atoms. The number of halogens is 1. The molecule has 0 atom stereocenters. The van der Waals surface area contributed by atoms with Crippen molar-refractivity contribution in [3.05, 3.63) is 96.0 Å². The molecule has 0 aliphatic rings. The van der Waals surface area contributed by atoms with E-state index in [1.165, 1.54) is 12.1 Å². The van der Waals surface area contributed by atoms with Crippen molar-refractivity contribution in [2.45, 2.75) is 6.42 Å². The van der Waals surface area contributed by atoms with E-state index in [1.807, 2.05) is 28.9 Å². The first-order valence-corrected chi connectivity index (χ1v) is 9.76. The maximum Gasteiger partial charge on any atom is 0.156 e. The third-order valence-corrected chi connectivity index (χ3v) is 5.06. The van der Waals surface area contributed by atoms with Crippen molar-refractivity contribution in [2.24, 2.45) is 5.16 Å². The Morgan fingerprint density at radius 1 is 1.10 bits per heavy atom. The van der Waals surface area contributed by atoms with Gasteiger partial charge in [-0.15, -0.1) is 0 Å². The van der Waals surface area contributed by atoms with Gasteiger partial charge in [-0.3, -0.25) is 0 Å². The van der Waals surface area contributed by atoms with Crippen molar-refractivity contribution in [1.29, 1.82) is 0 Å². The number of benzene rings is 2. The van der Waals surface area contributed by atoms with Gasteiger partial charge in [-0.05, 0) is 48.0 Å². The highest BCUT2D eigenvalue weighted by molar-refractivity contribution is 5.79. The SMILES string of the molecule is ON=c1cc(-c2cn3cccc3cn2)oc2ccc(OCCc3ccc(F)cc3)cc12. The number of ether oxygens (including phenoxy) is 1. The molecule has 5 aromatic rings. The minimum Gasteiger partial charge on any atom is -0.493 e. The first-order chi connectivity index (χ1) is 15.2. The minimum absolute atomic E-state index is 0.258. The second-order valence-corrected chi connectivity index (χ2v) is 7.09. The third-order valence-electron chi connectivity index (χ3n) is 5.06. The van der Waals surface area contributed by atoms with Crippen LogP contribution in [-0.4, -0.2) is 21.2 Å². The van der Waals surface area contributed by atoms with Crippen molar-refractivity contribution < 1.29 is 18.8 Å². The maximum atomic E-state index is 13.0. The fraction of sp³-hybridized carbons (Fsp3) is 0.0833. The average Bonchev–Trinajstić information content (AvgIpc) is 3.27. The summed E-state index contributed by atoms with van der Waals surface area (Å²) in [5.41, 5.74) is 3.12. The summed E-state index contributed by atoms with van der Waals surface area (Å²) in [7, 11) is 0. The van der Waals surface area contributed by atoms with E-state index < -0.39 is 0 Å². The Bertz CT molecular complexity index is 1440. The van der Waals surface area contributed by atoms with Gasteiger partial charge < -0.3 is 18.8 Å². The number of rotatable bonds is 5. The van der Waals surface area contributed by atoms with Gasteiger partial charge in [0.1, 0.15) is 28.2 Å². The van der Waals surface area contributed by atoms with Crippen LogP contribution in [0.3, 0.4) is 0 Å². The predicted molar refractivity (Wildman–Crippen MR) is 113 cm³/mol. The molecule has 3 heterocycles. The standard InChI is InChI=1S/C24H18FN3O3/c25-17-5-3-16(4-6-17)9-11-30-19-7-8-23-20(12-19)21(27-29)13-24(31-23)22-15-28-10-1-2-18(28)14-26-22/h1-8,10,12-15,29H,9,11H2. The molecule has 0 aliphatic heterocycles. The molecule has 5 rings (SSSR count). The van der Waals surface area contributed by atoms with Crippen LogP contribution in [0.5, 0.6) is 5.75 Å². The highest BCUT2D eigenvalue weighted by Gasteiger charge is 2.10. The monoisotopic (exact) mass is 415 g/mol. The van der Waals surface area contributed by atoms with Crippen LogP contribution in [0.4, 0.5) is 4.39 Å². The van der Waals surface area contributed by atoms with E-state index in [4.69, 9.17) is 9.15 Å². The summed E-state index contributed by atoms with van der Waals surface area (Å²) < 4.78 is 26.8. The third kappa shape index (κ3) is 3.85. The fourth-order valence-electron chi connectivity index (χ4n) is 3.45. The van der Waals surface area contributed by atoms with Gasteiger partial charge in [0.15, 0.2) is 5.76 Å². The quantitative estimate of drug-likeness (QED) is 0.331. The van der Waals surface area contributed by atoms with Crippen LogP contribution in [0.25, 0.3) is 27.9 Å². The van der Waals surface area contributed by atoms with Crippen molar-refractivity contribution in [3.8, 4) is 17.2 Å². The van der Waals surface area contributed by atoms with E-state index in [-0.39, 0.29) is 5.82 Å². The summed E-state index contributed by atoms with van der Waals surface area (Å²) in [6.45, 7) is 0.429. The van der Waals surface area contributed by atoms with E-state index in [9.17, 15) is 9.60 Å². The Morgan fingerprint density at radius 2 is 1.97 bits per heavy atom. The lowest BCUT2D eigenvalue weighted by atomic mass is 10.1. The second kappa shape index (κ2) is 7.95. The normalized spacial score (nSPS) is 12.0. The summed E-state index contributed by atoms with van der Waals surface area (Å²) >= 11 is 0. The Hall–Kier alpha value is -4.13. The van der Waals surface area contributed by atoms with Crippen molar-refractivity contribution in [3.63, 3.8) is 0 Å². The van der Waals surface area contributed by atoms with Gasteiger partial charge in [0.25, 0.3) is 0 Å². The summed E-state index contributed by atoms with van der Waals surface area (Å²) in [5, 5.41) is 14.0. The molecule has 3 aromatic heterocycles. The van der Waals surface area contributed by atoms with Crippen molar-refractivity contribution in [2.75, 3.05) is 6.61 Å². The van der Waals surface area contributed by atoms with Crippen LogP contribution < -0.4 is 10.1 Å². The molecule has 0 spiro atoms. The van der Waals surface area contributed by atoms with Crippen LogP contribution >= 0.6 is 0 Å². The molecule has 7 heteroatoms. The molecule has 0 fully saturated rings. The van der Waals surface area contributed by atoms with E-state index in [1.54, 1.807) is 42.6 Å². The molecule has 1 N–H and O–H groups in total. The molecule has 0 unspecified atom stereocenters. The van der Waals surface area contributed by atoms with Gasteiger partial charge in [0.05, 0.1) is 23.7 Å². The number of nitrogens with zero attached hydrogens (tertiary/aromatic N) is 3. The van der Waals surface area contributed by atoms with Gasteiger partial charge in [-0.2, -0.15) is 0 Å². The van der Waals surface area contributed by atoms with Gasteiger partial charge in [0, 0.05) is 24.9 Å². The van der Waals surface area contributed by atoms with Crippen LogP contribution in [0.1, 0.15) is 5.56 Å². The summed E-state index contributed by atoms with van der Waals surface area (Å²) in [4.78, 5) is 4.44. The number of hydrogen-bond acceptors (Lipinski definition) is 5. The van der Waals surface area contributed by atoms with Gasteiger partial charge >= 0.3 is 0 Å². The number of hydrogen-bond donors (Lipinski definition) is 1. The summed E-state index contributed by atoms with van der Waals surface area (Å²) in [6.07, 6.45) is 6.18. The molecule has 0 saturated heterocycles. The van der Waals surface area contributed by atoms with Crippen LogP contribution in [-0.2, 0) is 6.42 Å². The van der Waals surface area contributed by atoms with E-state index in [0.717, 1.165) is 11.1 Å². The zero-order valence-electron chi connectivity index (χ0n) is 16.4. The zero-order valence-corrected chi connectivity index (χ0v) is 16.4. The molecule has 6 nitrogen and oxygen atoms in total. The van der Waals surface area contributed by atoms with Crippen molar-refractivity contribution >= 4 is 16.5 Å². The summed E-state index contributed by atoms with van der Waals surface area (Å²) in [5.74, 6) is 0.848. The van der Waals surface area contributed by atoms with Crippen LogP contribution in [0.2, 0.25) is 0 Å². The second-order valence-electron chi connectivity index (χ2n) is 7.09. The Kier molecular flexibility index (Phi) is 4.84. The molecule has 2 aromatic carbocycles. The first-order valence-electron chi connectivity index (χ1n) is 9.76. The number of aromatic nitrogens is 2. The topological polar surface area (TPSA) is 72.3 Å². The van der Waals surface area contributed by atoms with Crippen LogP contribution in [0.15, 0.2) is 88.8 Å². The maximum absolute atomic E-state index is 13.0. The summed E-state index contributed by atoms with van der Waals surface area (Å²) in [6, 6.07) is 17.2. The lowest BCUT2D eigenvalue weighted by Gasteiger charge is -2.09. The molecule has 0 bridgehead atoms. The Morgan fingerprint density at radius 3 is 2.81 bits per heavy atom. The Balaban J connectivity index is 1.42. The molecule has 0 saturated carbocycles. The van der Waals surface area contributed by atoms with Gasteiger partial charge in [-0.1, -0.05) is 17.3 Å². The van der Waals surface area contributed by atoms with E-state index in [2.05, 4.69) is 10.1 Å². The predicted octanol–water partition coefficient (Wildman–Crippen LogP) is 4.80. The number of fused-ring (bicyclic) bond motifs is 2. The van der Waals surface area contributed by atoms with Crippen molar-refractivity contribution in [1.82, 2.24) is 9.38 Å². The van der Waals surface area contributed by atoms with E-state index in [0.29, 0.717) is 46.6 Å². The highest BCUT2D eigenvalue weighted by atomic mass is 19.1. The van der Waals surface area contributed by atoms with Crippen LogP contribution in [0, 0.1) is 5.82 Å². The first kappa shape index (κ1) is 18.9. The highest BCUT2D eigenvalue weighted by Crippen LogP contribution is 2.24. The Labute approximate surface area is 176 Å². The van der Waals surface area contributed by atoms with E-state index >= 15 is 0 Å². The fourth-order valence-corrected chi connectivity index (χ4v) is 3.45. The molecular weight excluding hydrogens is 397 g/mol. The molecular formula is C24H18FN3O3. The zero-order chi connectivity index (χ0) is 21.2.